The molecule has 32 heavy (non-hydrogen) atoms. The number of benzene rings is 2. The fourth-order valence-electron chi connectivity index (χ4n) is 3.88. The smallest absolute Gasteiger partial charge is 0.251 e. The van der Waals surface area contributed by atoms with Crippen LogP contribution in [0.25, 0.3) is 0 Å². The Kier molecular flexibility index (Phi) is 7.54. The van der Waals surface area contributed by atoms with Gasteiger partial charge in [-0.25, -0.2) is 8.42 Å². The van der Waals surface area contributed by atoms with Crippen molar-refractivity contribution in [2.45, 2.75) is 18.0 Å². The van der Waals surface area contributed by atoms with Gasteiger partial charge < -0.3 is 14.8 Å². The maximum absolute atomic E-state index is 12.7. The van der Waals surface area contributed by atoms with Crippen LogP contribution in [0.1, 0.15) is 21.5 Å². The van der Waals surface area contributed by atoms with Crippen LogP contribution in [0.15, 0.2) is 53.4 Å². The van der Waals surface area contributed by atoms with Gasteiger partial charge in [0.1, 0.15) is 0 Å². The van der Waals surface area contributed by atoms with Crippen LogP contribution in [0.4, 0.5) is 0 Å². The Balaban J connectivity index is 1.37. The molecule has 0 atom stereocenters. The van der Waals surface area contributed by atoms with Crippen LogP contribution in [0.2, 0.25) is 0 Å². The summed E-state index contributed by atoms with van der Waals surface area (Å²) >= 11 is 0. The quantitative estimate of drug-likeness (QED) is 0.675. The number of amides is 1. The van der Waals surface area contributed by atoms with E-state index < -0.39 is 10.0 Å². The summed E-state index contributed by atoms with van der Waals surface area (Å²) in [6.07, 6.45) is 0. The summed E-state index contributed by atoms with van der Waals surface area (Å²) in [6, 6.07) is 14.2. The zero-order valence-corrected chi connectivity index (χ0v) is 18.9. The Morgan fingerprint density at radius 2 is 1.44 bits per heavy atom. The van der Waals surface area contributed by atoms with Crippen LogP contribution < -0.4 is 5.32 Å². The second kappa shape index (κ2) is 10.5. The number of carbonyl (C=O) groups excluding carboxylic acids is 1. The van der Waals surface area contributed by atoms with Crippen molar-refractivity contribution in [1.29, 1.82) is 0 Å². The summed E-state index contributed by atoms with van der Waals surface area (Å²) in [5, 5.41) is 2.96. The standard InChI is InChI=1S/C23H29N3O5S/c27-23(19-5-7-22(8-6-19)32(28,29)26-11-15-31-16-12-26)24-17-20-3-1-2-4-21(20)18-25-9-13-30-14-10-25/h1-8H,9-18H2,(H,24,27). The van der Waals surface area contributed by atoms with Gasteiger partial charge in [0.05, 0.1) is 31.3 Å². The molecule has 4 rings (SSSR count). The van der Waals surface area contributed by atoms with Crippen LogP contribution in [0, 0.1) is 0 Å². The minimum absolute atomic E-state index is 0.187. The highest BCUT2D eigenvalue weighted by Gasteiger charge is 2.26. The van der Waals surface area contributed by atoms with Crippen molar-refractivity contribution in [3.05, 3.63) is 65.2 Å². The molecular weight excluding hydrogens is 430 g/mol. The number of nitrogens with one attached hydrogen (secondary N) is 1. The highest BCUT2D eigenvalue weighted by atomic mass is 32.2. The zero-order chi connectivity index (χ0) is 22.4. The monoisotopic (exact) mass is 459 g/mol. The minimum atomic E-state index is -3.57. The van der Waals surface area contributed by atoms with Crippen molar-refractivity contribution in [2.75, 3.05) is 52.6 Å². The van der Waals surface area contributed by atoms with Crippen molar-refractivity contribution >= 4 is 15.9 Å². The first kappa shape index (κ1) is 22.9. The Morgan fingerprint density at radius 1 is 0.844 bits per heavy atom. The summed E-state index contributed by atoms with van der Waals surface area (Å²) in [5.41, 5.74) is 2.68. The Labute approximate surface area is 189 Å². The topological polar surface area (TPSA) is 88.2 Å². The predicted molar refractivity (Wildman–Crippen MR) is 120 cm³/mol. The molecule has 9 heteroatoms. The number of rotatable bonds is 7. The van der Waals surface area contributed by atoms with Gasteiger partial charge in [0.25, 0.3) is 5.91 Å². The summed E-state index contributed by atoms with van der Waals surface area (Å²) in [7, 11) is -3.57. The van der Waals surface area contributed by atoms with Crippen LogP contribution in [0.5, 0.6) is 0 Å². The Bertz CT molecular complexity index is 1010. The van der Waals surface area contributed by atoms with Crippen LogP contribution in [-0.4, -0.2) is 76.1 Å². The molecule has 2 aliphatic heterocycles. The van der Waals surface area contributed by atoms with E-state index in [9.17, 15) is 13.2 Å². The third kappa shape index (κ3) is 5.54. The minimum Gasteiger partial charge on any atom is -0.379 e. The molecular formula is C23H29N3O5S. The molecule has 2 fully saturated rings. The molecule has 0 aromatic heterocycles. The van der Waals surface area contributed by atoms with Crippen LogP contribution in [0.3, 0.4) is 0 Å². The maximum atomic E-state index is 12.7. The zero-order valence-electron chi connectivity index (χ0n) is 18.0. The van der Waals surface area contributed by atoms with Gasteiger partial charge >= 0.3 is 0 Å². The summed E-state index contributed by atoms with van der Waals surface area (Å²) in [4.78, 5) is 15.2. The molecule has 0 aliphatic carbocycles. The number of carbonyl (C=O) groups is 1. The summed E-state index contributed by atoms with van der Waals surface area (Å²) < 4.78 is 37.5. The molecule has 2 heterocycles. The number of morpholine rings is 2. The van der Waals surface area contributed by atoms with E-state index in [4.69, 9.17) is 9.47 Å². The second-order valence-electron chi connectivity index (χ2n) is 7.88. The van der Waals surface area contributed by atoms with E-state index in [1.165, 1.54) is 22.0 Å². The van der Waals surface area contributed by atoms with Gasteiger partial charge in [0.2, 0.25) is 10.0 Å². The molecule has 8 nitrogen and oxygen atoms in total. The van der Waals surface area contributed by atoms with Gasteiger partial charge in [-0.15, -0.1) is 0 Å². The molecule has 0 spiro atoms. The van der Waals surface area contributed by atoms with E-state index in [-0.39, 0.29) is 10.8 Å². The fraction of sp³-hybridized carbons (Fsp3) is 0.435. The molecule has 2 aliphatic rings. The molecule has 172 valence electrons. The fourth-order valence-corrected chi connectivity index (χ4v) is 5.28. The lowest BCUT2D eigenvalue weighted by Crippen LogP contribution is -2.40. The molecule has 0 bridgehead atoms. The Morgan fingerprint density at radius 3 is 2.09 bits per heavy atom. The van der Waals surface area contributed by atoms with E-state index in [1.54, 1.807) is 12.1 Å². The summed E-state index contributed by atoms with van der Waals surface area (Å²) in [5.74, 6) is -0.235. The van der Waals surface area contributed by atoms with E-state index in [0.29, 0.717) is 38.4 Å². The van der Waals surface area contributed by atoms with Gasteiger partial charge in [-0.05, 0) is 35.4 Å². The van der Waals surface area contributed by atoms with Gasteiger partial charge in [0.15, 0.2) is 0 Å². The number of nitrogens with zero attached hydrogens (tertiary/aromatic N) is 2. The lowest BCUT2D eigenvalue weighted by atomic mass is 10.1. The first-order chi connectivity index (χ1) is 15.5. The molecule has 1 N–H and O–H groups in total. The van der Waals surface area contributed by atoms with Crippen molar-refractivity contribution in [2.24, 2.45) is 0 Å². The molecule has 0 saturated carbocycles. The van der Waals surface area contributed by atoms with Crippen LogP contribution in [-0.2, 0) is 32.6 Å². The second-order valence-corrected chi connectivity index (χ2v) is 9.82. The van der Waals surface area contributed by atoms with Crippen molar-refractivity contribution in [3.8, 4) is 0 Å². The lowest BCUT2D eigenvalue weighted by Gasteiger charge is -2.27. The SMILES string of the molecule is O=C(NCc1ccccc1CN1CCOCC1)c1ccc(S(=O)(=O)N2CCOCC2)cc1. The normalized spacial score (nSPS) is 18.4. The van der Waals surface area contributed by atoms with Gasteiger partial charge in [-0.1, -0.05) is 24.3 Å². The molecule has 0 unspecified atom stereocenters. The number of hydrogen-bond acceptors (Lipinski definition) is 6. The van der Waals surface area contributed by atoms with E-state index in [0.717, 1.165) is 38.4 Å². The number of hydrogen-bond donors (Lipinski definition) is 1. The molecule has 2 saturated heterocycles. The first-order valence-corrected chi connectivity index (χ1v) is 12.3. The molecule has 2 aromatic carbocycles. The highest BCUT2D eigenvalue weighted by molar-refractivity contribution is 7.89. The lowest BCUT2D eigenvalue weighted by molar-refractivity contribution is 0.0340. The van der Waals surface area contributed by atoms with Gasteiger partial charge in [0, 0.05) is 44.8 Å². The van der Waals surface area contributed by atoms with Crippen molar-refractivity contribution in [1.82, 2.24) is 14.5 Å². The molecule has 0 radical (unpaired) electrons. The third-order valence-electron chi connectivity index (χ3n) is 5.78. The van der Waals surface area contributed by atoms with Crippen molar-refractivity contribution in [3.63, 3.8) is 0 Å². The van der Waals surface area contributed by atoms with Gasteiger partial charge in [-0.2, -0.15) is 4.31 Å². The summed E-state index contributed by atoms with van der Waals surface area (Å²) in [6.45, 7) is 6.01. The average molecular weight is 460 g/mol. The van der Waals surface area contributed by atoms with E-state index >= 15 is 0 Å². The number of sulfonamides is 1. The molecule has 1 amide bonds. The maximum Gasteiger partial charge on any atom is 0.251 e. The highest BCUT2D eigenvalue weighted by Crippen LogP contribution is 2.18. The molecule has 2 aromatic rings. The van der Waals surface area contributed by atoms with E-state index in [1.807, 2.05) is 18.2 Å². The van der Waals surface area contributed by atoms with Crippen molar-refractivity contribution < 1.29 is 22.7 Å². The average Bonchev–Trinajstić information content (AvgIpc) is 2.84. The largest absolute Gasteiger partial charge is 0.379 e. The number of ether oxygens (including phenoxy) is 2. The van der Waals surface area contributed by atoms with Crippen LogP contribution >= 0.6 is 0 Å². The third-order valence-corrected chi connectivity index (χ3v) is 7.69. The first-order valence-electron chi connectivity index (χ1n) is 10.9. The predicted octanol–water partition coefficient (Wildman–Crippen LogP) is 1.47. The Hall–Kier alpha value is -2.30. The van der Waals surface area contributed by atoms with E-state index in [2.05, 4.69) is 16.3 Å². The van der Waals surface area contributed by atoms with Gasteiger partial charge in [-0.3, -0.25) is 9.69 Å².